The summed E-state index contributed by atoms with van der Waals surface area (Å²) in [6, 6.07) is 7.72. The third-order valence-electron chi connectivity index (χ3n) is 3.80. The molecule has 2 heterocycles. The van der Waals surface area contributed by atoms with Crippen molar-refractivity contribution in [1.82, 2.24) is 9.55 Å². The first kappa shape index (κ1) is 16.0. The zero-order valence-corrected chi connectivity index (χ0v) is 13.2. The second-order valence-electron chi connectivity index (χ2n) is 5.55. The largest absolute Gasteiger partial charge is 0.481 e. The van der Waals surface area contributed by atoms with Crippen LogP contribution in [0.1, 0.15) is 30.9 Å². The van der Waals surface area contributed by atoms with Crippen LogP contribution in [0.2, 0.25) is 0 Å². The fourth-order valence-electron chi connectivity index (χ4n) is 2.57. The molecule has 0 amide bonds. The topological polar surface area (TPSA) is 85.9 Å². The van der Waals surface area contributed by atoms with Crippen LogP contribution in [-0.2, 0) is 16.1 Å². The van der Waals surface area contributed by atoms with Crippen molar-refractivity contribution in [3.8, 4) is 5.75 Å². The molecule has 1 aliphatic rings. The molecule has 0 aliphatic carbocycles. The van der Waals surface area contributed by atoms with Crippen molar-refractivity contribution in [1.29, 1.82) is 0 Å². The lowest BCUT2D eigenvalue weighted by Gasteiger charge is -2.26. The molecule has 7 heteroatoms. The van der Waals surface area contributed by atoms with Crippen molar-refractivity contribution < 1.29 is 19.5 Å². The number of para-hydroxylation sites is 1. The quantitative estimate of drug-likeness (QED) is 0.623. The summed E-state index contributed by atoms with van der Waals surface area (Å²) in [5, 5.41) is 12.7. The van der Waals surface area contributed by atoms with E-state index in [0.29, 0.717) is 25.3 Å². The van der Waals surface area contributed by atoms with Crippen molar-refractivity contribution >= 4 is 11.9 Å². The van der Waals surface area contributed by atoms with Gasteiger partial charge in [0.15, 0.2) is 0 Å². The molecule has 0 bridgehead atoms. The minimum atomic E-state index is -0.797. The molecule has 1 aromatic carbocycles. The summed E-state index contributed by atoms with van der Waals surface area (Å²) in [6.07, 6.45) is 7.39. The number of fused-ring (bicyclic) bond motifs is 1. The van der Waals surface area contributed by atoms with E-state index < -0.39 is 5.97 Å². The van der Waals surface area contributed by atoms with Crippen LogP contribution in [0.15, 0.2) is 48.1 Å². The van der Waals surface area contributed by atoms with Gasteiger partial charge in [0.2, 0.25) is 0 Å². The Kier molecular flexibility index (Phi) is 5.10. The molecule has 3 rings (SSSR count). The van der Waals surface area contributed by atoms with Crippen LogP contribution in [0.4, 0.5) is 0 Å². The number of aliphatic carboxylic acids is 1. The number of rotatable bonds is 7. The van der Waals surface area contributed by atoms with Crippen molar-refractivity contribution in [2.45, 2.75) is 31.7 Å². The predicted molar refractivity (Wildman–Crippen MR) is 86.9 cm³/mol. The Morgan fingerprint density at radius 2 is 2.29 bits per heavy atom. The standard InChI is InChI=1S/C17H19N3O4/c21-16(22)7-3-4-10-23-19-17-14(20-9-8-18-12-20)11-13-5-1-2-6-15(13)24-17/h1-2,5-6,8-9,12,14H,3-4,7,10-11H2,(H,21,22). The summed E-state index contributed by atoms with van der Waals surface area (Å²) in [7, 11) is 0. The third kappa shape index (κ3) is 3.92. The lowest BCUT2D eigenvalue weighted by molar-refractivity contribution is -0.137. The number of imidazole rings is 1. The normalized spacial score (nSPS) is 18.0. The maximum Gasteiger partial charge on any atom is 0.303 e. The predicted octanol–water partition coefficient (Wildman–Crippen LogP) is 2.64. The summed E-state index contributed by atoms with van der Waals surface area (Å²) >= 11 is 0. The second kappa shape index (κ2) is 7.63. The minimum absolute atomic E-state index is 0.110. The van der Waals surface area contributed by atoms with Gasteiger partial charge in [0, 0.05) is 25.2 Å². The van der Waals surface area contributed by atoms with Gasteiger partial charge in [0.1, 0.15) is 18.4 Å². The van der Waals surface area contributed by atoms with E-state index in [0.717, 1.165) is 17.7 Å². The number of nitrogens with zero attached hydrogens (tertiary/aromatic N) is 3. The Hall–Kier alpha value is -2.83. The third-order valence-corrected chi connectivity index (χ3v) is 3.80. The zero-order chi connectivity index (χ0) is 16.8. The van der Waals surface area contributed by atoms with Crippen molar-refractivity contribution in [2.75, 3.05) is 6.61 Å². The van der Waals surface area contributed by atoms with E-state index >= 15 is 0 Å². The Balaban J connectivity index is 1.67. The summed E-state index contributed by atoms with van der Waals surface area (Å²) in [5.74, 6) is 0.459. The molecule has 0 saturated carbocycles. The van der Waals surface area contributed by atoms with Crippen molar-refractivity contribution in [3.05, 3.63) is 48.5 Å². The average molecular weight is 329 g/mol. The molecule has 7 nitrogen and oxygen atoms in total. The highest BCUT2D eigenvalue weighted by Crippen LogP contribution is 2.30. The first-order chi connectivity index (χ1) is 11.7. The molecule has 0 radical (unpaired) electrons. The number of unbranched alkanes of at least 4 members (excludes halogenated alkanes) is 1. The SMILES string of the molecule is O=C(O)CCCCON=C1Oc2ccccc2CC1n1ccnc1. The Morgan fingerprint density at radius 3 is 3.08 bits per heavy atom. The molecular formula is C17H19N3O4. The molecule has 126 valence electrons. The first-order valence-corrected chi connectivity index (χ1v) is 7.89. The van der Waals surface area contributed by atoms with Crippen LogP contribution < -0.4 is 4.74 Å². The molecule has 0 saturated heterocycles. The molecule has 1 unspecified atom stereocenters. The number of carboxylic acid groups (broad SMARTS) is 1. The Labute approximate surface area is 139 Å². The summed E-state index contributed by atoms with van der Waals surface area (Å²) in [4.78, 5) is 19.9. The van der Waals surface area contributed by atoms with Gasteiger partial charge in [0.05, 0.1) is 6.33 Å². The molecule has 24 heavy (non-hydrogen) atoms. The van der Waals surface area contributed by atoms with E-state index in [9.17, 15) is 4.79 Å². The van der Waals surface area contributed by atoms with E-state index in [1.54, 1.807) is 12.5 Å². The highest BCUT2D eigenvalue weighted by molar-refractivity contribution is 5.84. The van der Waals surface area contributed by atoms with E-state index in [2.05, 4.69) is 10.1 Å². The molecule has 1 N–H and O–H groups in total. The Morgan fingerprint density at radius 1 is 1.42 bits per heavy atom. The summed E-state index contributed by atoms with van der Waals surface area (Å²) < 4.78 is 7.83. The lowest BCUT2D eigenvalue weighted by atomic mass is 10.0. The van der Waals surface area contributed by atoms with Gasteiger partial charge < -0.3 is 19.2 Å². The molecular weight excluding hydrogens is 310 g/mol. The maximum absolute atomic E-state index is 10.5. The molecule has 1 aliphatic heterocycles. The van der Waals surface area contributed by atoms with Crippen molar-refractivity contribution in [2.24, 2.45) is 5.16 Å². The second-order valence-corrected chi connectivity index (χ2v) is 5.55. The highest BCUT2D eigenvalue weighted by Gasteiger charge is 2.28. The van der Waals surface area contributed by atoms with Crippen LogP contribution in [0.25, 0.3) is 0 Å². The zero-order valence-electron chi connectivity index (χ0n) is 13.2. The molecule has 0 spiro atoms. The van der Waals surface area contributed by atoms with Crippen LogP contribution in [0.5, 0.6) is 5.75 Å². The smallest absolute Gasteiger partial charge is 0.303 e. The van der Waals surface area contributed by atoms with Gasteiger partial charge in [-0.15, -0.1) is 0 Å². The number of carbonyl (C=O) groups is 1. The number of carboxylic acids is 1. The van der Waals surface area contributed by atoms with E-state index in [1.807, 2.05) is 35.0 Å². The number of aromatic nitrogens is 2. The number of oxime groups is 1. The van der Waals surface area contributed by atoms with Gasteiger partial charge in [-0.3, -0.25) is 4.79 Å². The molecule has 0 fully saturated rings. The summed E-state index contributed by atoms with van der Waals surface area (Å²) in [6.45, 7) is 0.360. The first-order valence-electron chi connectivity index (χ1n) is 7.89. The van der Waals surface area contributed by atoms with Crippen molar-refractivity contribution in [3.63, 3.8) is 0 Å². The van der Waals surface area contributed by atoms with Gasteiger partial charge in [-0.1, -0.05) is 18.2 Å². The van der Waals surface area contributed by atoms with Crippen LogP contribution in [-0.4, -0.2) is 33.1 Å². The van der Waals surface area contributed by atoms with Crippen LogP contribution in [0.3, 0.4) is 0 Å². The molecule has 1 aromatic heterocycles. The number of ether oxygens (including phenoxy) is 1. The van der Waals surface area contributed by atoms with Gasteiger partial charge in [-0.2, -0.15) is 0 Å². The molecule has 2 aromatic rings. The van der Waals surface area contributed by atoms with Crippen LogP contribution in [0, 0.1) is 0 Å². The number of hydrogen-bond acceptors (Lipinski definition) is 5. The minimum Gasteiger partial charge on any atom is -0.481 e. The van der Waals surface area contributed by atoms with Gasteiger partial charge in [-0.25, -0.2) is 4.98 Å². The van der Waals surface area contributed by atoms with Gasteiger partial charge in [0.25, 0.3) is 5.90 Å². The van der Waals surface area contributed by atoms with Gasteiger partial charge in [-0.05, 0) is 29.6 Å². The number of benzene rings is 1. The molecule has 1 atom stereocenters. The van der Waals surface area contributed by atoms with E-state index in [1.165, 1.54) is 0 Å². The van der Waals surface area contributed by atoms with Crippen LogP contribution >= 0.6 is 0 Å². The average Bonchev–Trinajstić information content (AvgIpc) is 3.11. The highest BCUT2D eigenvalue weighted by atomic mass is 16.6. The number of hydrogen-bond donors (Lipinski definition) is 1. The maximum atomic E-state index is 10.5. The monoisotopic (exact) mass is 329 g/mol. The van der Waals surface area contributed by atoms with Gasteiger partial charge >= 0.3 is 5.97 Å². The fourth-order valence-corrected chi connectivity index (χ4v) is 2.57. The summed E-state index contributed by atoms with van der Waals surface area (Å²) in [5.41, 5.74) is 1.11. The Bertz CT molecular complexity index is 712. The van der Waals surface area contributed by atoms with E-state index in [4.69, 9.17) is 14.7 Å². The lowest BCUT2D eigenvalue weighted by Crippen LogP contribution is -2.30. The fraction of sp³-hybridized carbons (Fsp3) is 0.353. The van der Waals surface area contributed by atoms with E-state index in [-0.39, 0.29) is 12.5 Å².